The molecule has 9 aromatic carbocycles. The van der Waals surface area contributed by atoms with E-state index in [0.717, 1.165) is 88.2 Å². The van der Waals surface area contributed by atoms with Gasteiger partial charge in [0.15, 0.2) is 0 Å². The lowest BCUT2D eigenvalue weighted by Crippen LogP contribution is -2.11. The summed E-state index contributed by atoms with van der Waals surface area (Å²) < 4.78 is 13.4. The standard InChI is InChI=1S/C56H44N2O2/c1-33-9-17-43(18-10-33)57(49-25-35(3)7-13-37(49)5)45-21-15-39-29-47-53(31-41(39)27-45)59-51-23-24-52-56(55(47)51)48-30-40-16-22-46(28-42(40)32-54(48)60-52)58(44-19-11-34(2)12-20-44)50-26-36(4)8-14-38(50)6/h7-32H,1-6H3. The van der Waals surface area contributed by atoms with Crippen LogP contribution in [0.5, 0.6) is 0 Å². The summed E-state index contributed by atoms with van der Waals surface area (Å²) in [5.41, 5.74) is 17.6. The maximum atomic E-state index is 6.68. The first kappa shape index (κ1) is 35.8. The highest BCUT2D eigenvalue weighted by molar-refractivity contribution is 6.27. The van der Waals surface area contributed by atoms with Gasteiger partial charge in [0.1, 0.15) is 22.3 Å². The van der Waals surface area contributed by atoms with Crippen LogP contribution in [0.15, 0.2) is 167 Å². The van der Waals surface area contributed by atoms with Gasteiger partial charge in [-0.25, -0.2) is 0 Å². The molecule has 11 rings (SSSR count). The summed E-state index contributed by atoms with van der Waals surface area (Å²) in [7, 11) is 0. The van der Waals surface area contributed by atoms with Crippen LogP contribution in [0.4, 0.5) is 34.1 Å². The highest BCUT2D eigenvalue weighted by atomic mass is 16.3. The molecule has 4 nitrogen and oxygen atoms in total. The molecule has 290 valence electrons. The largest absolute Gasteiger partial charge is 0.456 e. The van der Waals surface area contributed by atoms with Crippen molar-refractivity contribution in [1.29, 1.82) is 0 Å². The molecule has 60 heavy (non-hydrogen) atoms. The fraction of sp³-hybridized carbons (Fsp3) is 0.107. The number of furan rings is 2. The molecule has 11 aromatic rings. The second-order valence-corrected chi connectivity index (χ2v) is 16.7. The number of hydrogen-bond acceptors (Lipinski definition) is 4. The molecule has 0 N–H and O–H groups in total. The van der Waals surface area contributed by atoms with Crippen LogP contribution >= 0.6 is 0 Å². The van der Waals surface area contributed by atoms with Crippen LogP contribution in [-0.4, -0.2) is 0 Å². The van der Waals surface area contributed by atoms with E-state index in [4.69, 9.17) is 8.83 Å². The maximum absolute atomic E-state index is 6.68. The summed E-state index contributed by atoms with van der Waals surface area (Å²) in [6.07, 6.45) is 0. The van der Waals surface area contributed by atoms with Gasteiger partial charge in [-0.1, -0.05) is 71.8 Å². The second-order valence-electron chi connectivity index (χ2n) is 16.7. The normalized spacial score (nSPS) is 11.8. The van der Waals surface area contributed by atoms with Gasteiger partial charge in [0.2, 0.25) is 0 Å². The van der Waals surface area contributed by atoms with Crippen LogP contribution in [0.3, 0.4) is 0 Å². The second kappa shape index (κ2) is 13.6. The molecule has 0 saturated heterocycles. The Hall–Kier alpha value is -7.30. The van der Waals surface area contributed by atoms with E-state index in [2.05, 4.69) is 209 Å². The summed E-state index contributed by atoms with van der Waals surface area (Å²) >= 11 is 0. The van der Waals surface area contributed by atoms with Gasteiger partial charge in [0, 0.05) is 55.7 Å². The minimum Gasteiger partial charge on any atom is -0.456 e. The number of rotatable bonds is 6. The molecule has 2 aromatic heterocycles. The third kappa shape index (κ3) is 5.90. The number of aryl methyl sites for hydroxylation is 6. The van der Waals surface area contributed by atoms with Crippen molar-refractivity contribution in [2.45, 2.75) is 41.5 Å². The average Bonchev–Trinajstić information content (AvgIpc) is 3.79. The maximum Gasteiger partial charge on any atom is 0.136 e. The third-order valence-corrected chi connectivity index (χ3v) is 12.3. The Morgan fingerprint density at radius 3 is 1.10 bits per heavy atom. The Labute approximate surface area is 349 Å². The Morgan fingerprint density at radius 1 is 0.300 bits per heavy atom. The number of hydrogen-bond donors (Lipinski definition) is 0. The van der Waals surface area contributed by atoms with E-state index in [0.29, 0.717) is 0 Å². The fourth-order valence-electron chi connectivity index (χ4n) is 9.04. The SMILES string of the molecule is Cc1ccc(N(c2ccc3cc4c(cc3c2)oc2ccc3oc5cc6cc(N(c7ccc(C)cc7)c7cc(C)ccc7C)ccc6cc5c3c24)c2cc(C)ccc2C)cc1. The lowest BCUT2D eigenvalue weighted by Gasteiger charge is -2.28. The van der Waals surface area contributed by atoms with Crippen LogP contribution < -0.4 is 9.80 Å². The number of nitrogens with zero attached hydrogens (tertiary/aromatic N) is 2. The lowest BCUT2D eigenvalue weighted by molar-refractivity contribution is 0.663. The summed E-state index contributed by atoms with van der Waals surface area (Å²) in [6, 6.07) is 57.5. The zero-order valence-electron chi connectivity index (χ0n) is 34.7. The van der Waals surface area contributed by atoms with Crippen molar-refractivity contribution < 1.29 is 8.83 Å². The van der Waals surface area contributed by atoms with Crippen molar-refractivity contribution in [2.75, 3.05) is 9.80 Å². The van der Waals surface area contributed by atoms with Gasteiger partial charge >= 0.3 is 0 Å². The Bertz CT molecular complexity index is 3260. The molecule has 0 radical (unpaired) electrons. The molecular weight excluding hydrogens is 733 g/mol. The molecule has 0 atom stereocenters. The highest BCUT2D eigenvalue weighted by Crippen LogP contribution is 2.45. The van der Waals surface area contributed by atoms with E-state index in [1.165, 1.54) is 44.8 Å². The van der Waals surface area contributed by atoms with E-state index in [1.54, 1.807) is 0 Å². The summed E-state index contributed by atoms with van der Waals surface area (Å²) in [5.74, 6) is 0. The van der Waals surface area contributed by atoms with Gasteiger partial charge in [-0.3, -0.25) is 0 Å². The van der Waals surface area contributed by atoms with Crippen molar-refractivity contribution in [3.63, 3.8) is 0 Å². The molecule has 0 amide bonds. The molecule has 0 aliphatic heterocycles. The van der Waals surface area contributed by atoms with Gasteiger partial charge in [-0.05, 0) is 182 Å². The molecule has 4 heteroatoms. The van der Waals surface area contributed by atoms with E-state index < -0.39 is 0 Å². The van der Waals surface area contributed by atoms with Gasteiger partial charge in [-0.15, -0.1) is 0 Å². The van der Waals surface area contributed by atoms with Gasteiger partial charge in [0.05, 0.1) is 0 Å². The van der Waals surface area contributed by atoms with Crippen molar-refractivity contribution >= 4 is 99.5 Å². The number of anilines is 6. The Morgan fingerprint density at radius 2 is 0.683 bits per heavy atom. The smallest absolute Gasteiger partial charge is 0.136 e. The Balaban J connectivity index is 1.05. The minimum atomic E-state index is 0.852. The van der Waals surface area contributed by atoms with Gasteiger partial charge in [-0.2, -0.15) is 0 Å². The predicted molar refractivity (Wildman–Crippen MR) is 254 cm³/mol. The molecule has 0 unspecified atom stereocenters. The van der Waals surface area contributed by atoms with Crippen molar-refractivity contribution in [2.24, 2.45) is 0 Å². The monoisotopic (exact) mass is 776 g/mol. The molecule has 0 aliphatic rings. The third-order valence-electron chi connectivity index (χ3n) is 12.3. The average molecular weight is 777 g/mol. The molecular formula is C56H44N2O2. The number of benzene rings is 9. The quantitative estimate of drug-likeness (QED) is 0.168. The van der Waals surface area contributed by atoms with Gasteiger partial charge in [0.25, 0.3) is 0 Å². The molecule has 0 saturated carbocycles. The van der Waals surface area contributed by atoms with Crippen molar-refractivity contribution in [1.82, 2.24) is 0 Å². The first-order valence-electron chi connectivity index (χ1n) is 20.7. The molecule has 0 bridgehead atoms. The zero-order chi connectivity index (χ0) is 40.8. The van der Waals surface area contributed by atoms with Crippen LogP contribution in [0.25, 0.3) is 65.4 Å². The summed E-state index contributed by atoms with van der Waals surface area (Å²) in [5, 5.41) is 8.89. The minimum absolute atomic E-state index is 0.852. The van der Waals surface area contributed by atoms with Crippen molar-refractivity contribution in [3.8, 4) is 0 Å². The van der Waals surface area contributed by atoms with Crippen LogP contribution in [-0.2, 0) is 0 Å². The van der Waals surface area contributed by atoms with Gasteiger partial charge < -0.3 is 18.6 Å². The topological polar surface area (TPSA) is 32.8 Å². The first-order valence-corrected chi connectivity index (χ1v) is 20.7. The molecule has 0 spiro atoms. The number of fused-ring (bicyclic) bond motifs is 9. The summed E-state index contributed by atoms with van der Waals surface area (Å²) in [4.78, 5) is 4.73. The van der Waals surface area contributed by atoms with E-state index in [9.17, 15) is 0 Å². The zero-order valence-corrected chi connectivity index (χ0v) is 34.7. The van der Waals surface area contributed by atoms with Crippen molar-refractivity contribution in [3.05, 3.63) is 191 Å². The molecule has 0 fully saturated rings. The van der Waals surface area contributed by atoms with Crippen LogP contribution in [0.1, 0.15) is 33.4 Å². The van der Waals surface area contributed by atoms with E-state index >= 15 is 0 Å². The molecule has 2 heterocycles. The Kier molecular flexibility index (Phi) is 8.15. The lowest BCUT2D eigenvalue weighted by atomic mass is 10.00. The fourth-order valence-corrected chi connectivity index (χ4v) is 9.04. The predicted octanol–water partition coefficient (Wildman–Crippen LogP) is 16.6. The highest BCUT2D eigenvalue weighted by Gasteiger charge is 2.21. The first-order chi connectivity index (χ1) is 29.1. The summed E-state index contributed by atoms with van der Waals surface area (Å²) in [6.45, 7) is 12.9. The van der Waals surface area contributed by atoms with E-state index in [1.807, 2.05) is 0 Å². The van der Waals surface area contributed by atoms with Crippen LogP contribution in [0.2, 0.25) is 0 Å². The van der Waals surface area contributed by atoms with Crippen LogP contribution in [0, 0.1) is 41.5 Å². The van der Waals surface area contributed by atoms with E-state index in [-0.39, 0.29) is 0 Å². The molecule has 0 aliphatic carbocycles.